The van der Waals surface area contributed by atoms with Gasteiger partial charge in [0.15, 0.2) is 9.84 Å². The van der Waals surface area contributed by atoms with Gasteiger partial charge >= 0.3 is 0 Å². The van der Waals surface area contributed by atoms with E-state index < -0.39 is 14.8 Å². The van der Waals surface area contributed by atoms with Gasteiger partial charge in [-0.2, -0.15) is 0 Å². The zero-order chi connectivity index (χ0) is 16.8. The zero-order valence-electron chi connectivity index (χ0n) is 13.4. The molecule has 2 fully saturated rings. The van der Waals surface area contributed by atoms with Crippen LogP contribution in [0.25, 0.3) is 0 Å². The van der Waals surface area contributed by atoms with Crippen molar-refractivity contribution < 1.29 is 13.3 Å². The Bertz CT molecular complexity index is 732. The van der Waals surface area contributed by atoms with Crippen molar-refractivity contribution in [3.63, 3.8) is 0 Å². The number of hydrogen-bond donors (Lipinski definition) is 0. The van der Waals surface area contributed by atoms with E-state index in [9.17, 15) is 18.5 Å². The summed E-state index contributed by atoms with van der Waals surface area (Å²) in [6, 6.07) is 4.92. The molecule has 0 radical (unpaired) electrons. The first-order chi connectivity index (χ1) is 10.8. The fourth-order valence-electron chi connectivity index (χ4n) is 4.20. The molecule has 6 nitrogen and oxygen atoms in total. The molecule has 1 saturated carbocycles. The lowest BCUT2D eigenvalue weighted by atomic mass is 9.80. The number of anilines is 1. The molecule has 1 heterocycles. The predicted octanol–water partition coefficient (Wildman–Crippen LogP) is 3.01. The third-order valence-corrected chi connectivity index (χ3v) is 6.39. The van der Waals surface area contributed by atoms with Crippen molar-refractivity contribution in [2.45, 2.75) is 43.5 Å². The lowest BCUT2D eigenvalue weighted by Gasteiger charge is -2.33. The van der Waals surface area contributed by atoms with Gasteiger partial charge in [0.2, 0.25) is 0 Å². The van der Waals surface area contributed by atoms with Crippen molar-refractivity contribution in [3.8, 4) is 0 Å². The molecule has 3 atom stereocenters. The van der Waals surface area contributed by atoms with Gasteiger partial charge in [-0.15, -0.1) is 0 Å². The van der Waals surface area contributed by atoms with Gasteiger partial charge in [-0.05, 0) is 36.8 Å². The molecule has 3 unspecified atom stereocenters. The average Bonchev–Trinajstić information content (AvgIpc) is 2.83. The summed E-state index contributed by atoms with van der Waals surface area (Å²) in [4.78, 5) is 12.5. The second-order valence-electron chi connectivity index (χ2n) is 6.83. The molecule has 7 heteroatoms. The Kier molecular flexibility index (Phi) is 4.08. The molecule has 0 amide bonds. The fourth-order valence-corrected chi connectivity index (χ4v) is 5.06. The highest BCUT2D eigenvalue weighted by atomic mass is 32.2. The van der Waals surface area contributed by atoms with E-state index in [1.807, 2.05) is 0 Å². The van der Waals surface area contributed by atoms with Gasteiger partial charge in [0.1, 0.15) is 4.90 Å². The van der Waals surface area contributed by atoms with E-state index in [0.717, 1.165) is 24.9 Å². The van der Waals surface area contributed by atoms with Gasteiger partial charge in [0.05, 0.1) is 4.92 Å². The first-order valence-electron chi connectivity index (χ1n) is 8.04. The molecule has 1 aromatic rings. The first kappa shape index (κ1) is 16.2. The second kappa shape index (κ2) is 5.78. The van der Waals surface area contributed by atoms with Gasteiger partial charge in [0, 0.05) is 30.6 Å². The molecule has 0 N–H and O–H groups in total. The van der Waals surface area contributed by atoms with Crippen molar-refractivity contribution in [1.29, 1.82) is 0 Å². The van der Waals surface area contributed by atoms with Crippen LogP contribution in [-0.4, -0.2) is 32.2 Å². The van der Waals surface area contributed by atoms with Crippen molar-refractivity contribution >= 4 is 21.2 Å². The third kappa shape index (κ3) is 2.94. The molecule has 23 heavy (non-hydrogen) atoms. The SMILES string of the molecule is CC1CN(c2ccc([N+](=O)[O-])c(S(C)(=O)=O)c2)C2CCCCC12. The molecule has 0 spiro atoms. The van der Waals surface area contributed by atoms with Crippen LogP contribution in [0.15, 0.2) is 23.1 Å². The van der Waals surface area contributed by atoms with Crippen LogP contribution in [0.3, 0.4) is 0 Å². The van der Waals surface area contributed by atoms with Crippen LogP contribution < -0.4 is 4.90 Å². The summed E-state index contributed by atoms with van der Waals surface area (Å²) in [5, 5.41) is 11.1. The molecule has 1 aromatic carbocycles. The van der Waals surface area contributed by atoms with Crippen LogP contribution in [0, 0.1) is 22.0 Å². The summed E-state index contributed by atoms with van der Waals surface area (Å²) in [7, 11) is -3.64. The van der Waals surface area contributed by atoms with Crippen LogP contribution in [0.4, 0.5) is 11.4 Å². The summed E-state index contributed by atoms with van der Waals surface area (Å²) in [6.07, 6.45) is 5.80. The van der Waals surface area contributed by atoms with Crippen LogP contribution in [0.5, 0.6) is 0 Å². The quantitative estimate of drug-likeness (QED) is 0.625. The minimum atomic E-state index is -3.64. The smallest absolute Gasteiger partial charge is 0.288 e. The molecule has 1 saturated heterocycles. The molecule has 2 aliphatic rings. The first-order valence-corrected chi connectivity index (χ1v) is 9.93. The van der Waals surface area contributed by atoms with Crippen molar-refractivity contribution in [3.05, 3.63) is 28.3 Å². The Hall–Kier alpha value is -1.63. The highest BCUT2D eigenvalue weighted by Gasteiger charge is 2.41. The summed E-state index contributed by atoms with van der Waals surface area (Å²) >= 11 is 0. The van der Waals surface area contributed by atoms with Gasteiger partial charge in [-0.3, -0.25) is 10.1 Å². The molecular weight excluding hydrogens is 316 g/mol. The van der Waals surface area contributed by atoms with E-state index in [1.54, 1.807) is 6.07 Å². The molecule has 1 aliphatic carbocycles. The average molecular weight is 338 g/mol. The van der Waals surface area contributed by atoms with Gasteiger partial charge in [-0.1, -0.05) is 19.8 Å². The largest absolute Gasteiger partial charge is 0.368 e. The van der Waals surface area contributed by atoms with E-state index in [4.69, 9.17) is 0 Å². The number of nitro benzene ring substituents is 1. The highest BCUT2D eigenvalue weighted by molar-refractivity contribution is 7.90. The maximum Gasteiger partial charge on any atom is 0.288 e. The lowest BCUT2D eigenvalue weighted by molar-refractivity contribution is -0.387. The Morgan fingerprint density at radius 2 is 1.96 bits per heavy atom. The molecular formula is C16H22N2O4S. The van der Waals surface area contributed by atoms with E-state index in [1.165, 1.54) is 31.4 Å². The summed E-state index contributed by atoms with van der Waals surface area (Å²) in [5.74, 6) is 1.21. The standard InChI is InChI=1S/C16H22N2O4S/c1-11-10-17(14-6-4-3-5-13(11)14)12-7-8-15(18(19)20)16(9-12)23(2,21)22/h7-9,11,13-14H,3-6,10H2,1-2H3. The molecule has 0 aromatic heterocycles. The lowest BCUT2D eigenvalue weighted by Crippen LogP contribution is -2.34. The van der Waals surface area contributed by atoms with Crippen LogP contribution >= 0.6 is 0 Å². The maximum absolute atomic E-state index is 11.9. The molecule has 126 valence electrons. The molecule has 0 bridgehead atoms. The van der Waals surface area contributed by atoms with Crippen molar-refractivity contribution in [1.82, 2.24) is 0 Å². The second-order valence-corrected chi connectivity index (χ2v) is 8.81. The van der Waals surface area contributed by atoms with Crippen molar-refractivity contribution in [2.24, 2.45) is 11.8 Å². The number of fused-ring (bicyclic) bond motifs is 1. The third-order valence-electron chi connectivity index (χ3n) is 5.27. The fraction of sp³-hybridized carbons (Fsp3) is 0.625. The zero-order valence-corrected chi connectivity index (χ0v) is 14.3. The minimum Gasteiger partial charge on any atom is -0.368 e. The molecule has 3 rings (SSSR count). The minimum absolute atomic E-state index is 0.188. The van der Waals surface area contributed by atoms with Crippen molar-refractivity contribution in [2.75, 3.05) is 17.7 Å². The van der Waals surface area contributed by atoms with Crippen LogP contribution in [0.1, 0.15) is 32.6 Å². The summed E-state index contributed by atoms with van der Waals surface area (Å²) in [6.45, 7) is 3.13. The number of benzene rings is 1. The normalized spacial score (nSPS) is 27.7. The Morgan fingerprint density at radius 1 is 1.26 bits per heavy atom. The topological polar surface area (TPSA) is 80.5 Å². The van der Waals surface area contributed by atoms with Crippen LogP contribution in [-0.2, 0) is 9.84 Å². The van der Waals surface area contributed by atoms with Gasteiger partial charge in [-0.25, -0.2) is 8.42 Å². The predicted molar refractivity (Wildman–Crippen MR) is 88.5 cm³/mol. The monoisotopic (exact) mass is 338 g/mol. The van der Waals surface area contributed by atoms with Crippen LogP contribution in [0.2, 0.25) is 0 Å². The Labute approximate surface area is 136 Å². The highest BCUT2D eigenvalue weighted by Crippen LogP contribution is 2.43. The number of sulfone groups is 1. The van der Waals surface area contributed by atoms with E-state index in [2.05, 4.69) is 11.8 Å². The Balaban J connectivity index is 2.02. The van der Waals surface area contributed by atoms with E-state index >= 15 is 0 Å². The maximum atomic E-state index is 11.9. The van der Waals surface area contributed by atoms with Gasteiger partial charge < -0.3 is 4.90 Å². The van der Waals surface area contributed by atoms with E-state index in [0.29, 0.717) is 17.9 Å². The van der Waals surface area contributed by atoms with E-state index in [-0.39, 0.29) is 10.6 Å². The number of rotatable bonds is 3. The number of hydrogen-bond acceptors (Lipinski definition) is 5. The Morgan fingerprint density at radius 3 is 2.61 bits per heavy atom. The number of nitro groups is 1. The van der Waals surface area contributed by atoms with Gasteiger partial charge in [0.25, 0.3) is 5.69 Å². The summed E-state index contributed by atoms with van der Waals surface area (Å²) in [5.41, 5.74) is 0.445. The molecule has 1 aliphatic heterocycles. The summed E-state index contributed by atoms with van der Waals surface area (Å²) < 4.78 is 23.9. The number of nitrogens with zero attached hydrogens (tertiary/aromatic N) is 2.